The van der Waals surface area contributed by atoms with Crippen LogP contribution in [0.2, 0.25) is 0 Å². The topological polar surface area (TPSA) is 59.0 Å². The quantitative estimate of drug-likeness (QED) is 0.682. The predicted molar refractivity (Wildman–Crippen MR) is 113 cm³/mol. The van der Waals surface area contributed by atoms with Crippen LogP contribution in [0.1, 0.15) is 34.6 Å². The molecule has 5 heteroatoms. The molecule has 1 aromatic heterocycles. The monoisotopic (exact) mass is 385 g/mol. The molecular weight excluding hydrogens is 362 g/mol. The zero-order valence-electron chi connectivity index (χ0n) is 16.1. The van der Waals surface area contributed by atoms with Gasteiger partial charge in [0.05, 0.1) is 12.8 Å². The molecule has 2 aliphatic heterocycles. The van der Waals surface area contributed by atoms with Crippen molar-refractivity contribution in [3.8, 4) is 0 Å². The average Bonchev–Trinajstić information content (AvgIpc) is 3.52. The highest BCUT2D eigenvalue weighted by Gasteiger charge is 2.22. The van der Waals surface area contributed by atoms with Gasteiger partial charge in [-0.15, -0.1) is 0 Å². The molecule has 2 aromatic carbocycles. The van der Waals surface area contributed by atoms with Gasteiger partial charge >= 0.3 is 0 Å². The van der Waals surface area contributed by atoms with E-state index in [0.717, 1.165) is 23.2 Å². The zero-order chi connectivity index (χ0) is 19.5. The van der Waals surface area contributed by atoms with Gasteiger partial charge < -0.3 is 14.5 Å². The van der Waals surface area contributed by atoms with Gasteiger partial charge in [-0.3, -0.25) is 0 Å². The lowest BCUT2D eigenvalue weighted by Gasteiger charge is -2.03. The van der Waals surface area contributed by atoms with Crippen molar-refractivity contribution in [2.45, 2.75) is 24.9 Å². The number of nitrogens with zero attached hydrogens (tertiary/aromatic N) is 2. The number of ether oxygens (including phenoxy) is 2. The molecule has 1 N–H and O–H groups in total. The molecular formula is C24H23N3O2. The van der Waals surface area contributed by atoms with Crippen LogP contribution in [0.5, 0.6) is 0 Å². The Morgan fingerprint density at radius 3 is 1.55 bits per heavy atom. The maximum Gasteiger partial charge on any atom is 0.190 e. The Morgan fingerprint density at radius 2 is 1.10 bits per heavy atom. The van der Waals surface area contributed by atoms with Crippen LogP contribution >= 0.6 is 0 Å². The van der Waals surface area contributed by atoms with E-state index < -0.39 is 0 Å². The van der Waals surface area contributed by atoms with Gasteiger partial charge in [-0.05, 0) is 23.3 Å². The van der Waals surface area contributed by atoms with E-state index in [2.05, 4.69) is 41.4 Å². The van der Waals surface area contributed by atoms with Crippen molar-refractivity contribution in [2.75, 3.05) is 13.2 Å². The molecule has 2 unspecified atom stereocenters. The van der Waals surface area contributed by atoms with Gasteiger partial charge in [0.2, 0.25) is 0 Å². The largest absolute Gasteiger partial charge is 0.478 e. The van der Waals surface area contributed by atoms with Gasteiger partial charge in [0.15, 0.2) is 11.8 Å². The van der Waals surface area contributed by atoms with E-state index in [1.807, 2.05) is 36.4 Å². The molecule has 3 aromatic rings. The molecule has 0 saturated carbocycles. The lowest BCUT2D eigenvalue weighted by atomic mass is 10.1. The Hall–Kier alpha value is -3.34. The third-order valence-electron chi connectivity index (χ3n) is 5.27. The van der Waals surface area contributed by atoms with Gasteiger partial charge in [0, 0.05) is 11.4 Å². The smallest absolute Gasteiger partial charge is 0.190 e. The fourth-order valence-corrected chi connectivity index (χ4v) is 3.76. The number of H-pyrrole nitrogens is 1. The first-order chi connectivity index (χ1) is 14.3. The van der Waals surface area contributed by atoms with E-state index >= 15 is 0 Å². The SMILES string of the molecule is c1ccc(C2COC(Cc3ccc(CC4=NC(c5ccccc5)CO4)[nH]3)=N2)cc1. The van der Waals surface area contributed by atoms with Crippen molar-refractivity contribution in [3.05, 3.63) is 95.3 Å². The van der Waals surface area contributed by atoms with E-state index in [0.29, 0.717) is 26.1 Å². The molecule has 0 fully saturated rings. The van der Waals surface area contributed by atoms with Crippen LogP contribution in [0.3, 0.4) is 0 Å². The minimum absolute atomic E-state index is 0.0943. The van der Waals surface area contributed by atoms with Crippen molar-refractivity contribution in [3.63, 3.8) is 0 Å². The third kappa shape index (κ3) is 4.09. The van der Waals surface area contributed by atoms with Crippen LogP contribution in [0.4, 0.5) is 0 Å². The van der Waals surface area contributed by atoms with Crippen LogP contribution in [-0.2, 0) is 22.3 Å². The van der Waals surface area contributed by atoms with E-state index in [9.17, 15) is 0 Å². The highest BCUT2D eigenvalue weighted by atomic mass is 16.5. The number of hydrogen-bond donors (Lipinski definition) is 1. The summed E-state index contributed by atoms with van der Waals surface area (Å²) in [6.45, 7) is 1.22. The van der Waals surface area contributed by atoms with Crippen molar-refractivity contribution in [2.24, 2.45) is 9.98 Å². The molecule has 0 aliphatic carbocycles. The molecule has 0 saturated heterocycles. The highest BCUT2D eigenvalue weighted by molar-refractivity contribution is 5.81. The summed E-state index contributed by atoms with van der Waals surface area (Å²) in [5, 5.41) is 0. The summed E-state index contributed by atoms with van der Waals surface area (Å²) in [6.07, 6.45) is 1.34. The zero-order valence-corrected chi connectivity index (χ0v) is 16.1. The van der Waals surface area contributed by atoms with Crippen LogP contribution in [0.25, 0.3) is 0 Å². The highest BCUT2D eigenvalue weighted by Crippen LogP contribution is 2.25. The maximum absolute atomic E-state index is 5.81. The molecule has 0 radical (unpaired) electrons. The Balaban J connectivity index is 1.21. The normalized spacial score (nSPS) is 20.7. The number of benzene rings is 2. The molecule has 5 nitrogen and oxygen atoms in total. The predicted octanol–water partition coefficient (Wildman–Crippen LogP) is 4.44. The summed E-state index contributed by atoms with van der Waals surface area (Å²) in [5.41, 5.74) is 4.56. The standard InChI is InChI=1S/C24H23N3O2/c1-3-7-17(8-4-1)21-15-28-23(26-21)13-19-11-12-20(25-19)14-24-27-22(16-29-24)18-9-5-2-6-10-18/h1-12,21-22,25H,13-16H2. The minimum Gasteiger partial charge on any atom is -0.478 e. The molecule has 2 aliphatic rings. The van der Waals surface area contributed by atoms with Gasteiger partial charge in [0.25, 0.3) is 0 Å². The summed E-state index contributed by atoms with van der Waals surface area (Å²) in [6, 6.07) is 24.9. The fraction of sp³-hybridized carbons (Fsp3) is 0.250. The Bertz CT molecular complexity index is 943. The number of hydrogen-bond acceptors (Lipinski definition) is 4. The Kier molecular flexibility index (Phi) is 4.87. The number of aliphatic imine (C=N–C) groups is 2. The second-order valence-electron chi connectivity index (χ2n) is 7.38. The summed E-state index contributed by atoms with van der Waals surface area (Å²) < 4.78 is 11.6. The third-order valence-corrected chi connectivity index (χ3v) is 5.27. The van der Waals surface area contributed by atoms with E-state index in [1.165, 1.54) is 11.1 Å². The number of rotatable bonds is 6. The van der Waals surface area contributed by atoms with Crippen molar-refractivity contribution >= 4 is 11.8 Å². The summed E-state index contributed by atoms with van der Waals surface area (Å²) in [5.74, 6) is 1.57. The van der Waals surface area contributed by atoms with Gasteiger partial charge in [-0.2, -0.15) is 0 Å². The van der Waals surface area contributed by atoms with Gasteiger partial charge in [0.1, 0.15) is 25.3 Å². The van der Waals surface area contributed by atoms with E-state index in [4.69, 9.17) is 19.5 Å². The van der Waals surface area contributed by atoms with Crippen LogP contribution in [0, 0.1) is 0 Å². The average molecular weight is 385 g/mol. The molecule has 3 heterocycles. The Morgan fingerprint density at radius 1 is 0.655 bits per heavy atom. The van der Waals surface area contributed by atoms with Crippen LogP contribution in [-0.4, -0.2) is 30.0 Å². The number of aromatic amines is 1. The second kappa shape index (κ2) is 7.95. The minimum atomic E-state index is 0.0943. The first-order valence-electron chi connectivity index (χ1n) is 9.99. The van der Waals surface area contributed by atoms with Crippen LogP contribution in [0.15, 0.2) is 82.8 Å². The van der Waals surface area contributed by atoms with Gasteiger partial charge in [-0.1, -0.05) is 60.7 Å². The molecule has 2 atom stereocenters. The number of aromatic nitrogens is 1. The van der Waals surface area contributed by atoms with E-state index in [-0.39, 0.29) is 12.1 Å². The Labute approximate surface area is 170 Å². The van der Waals surface area contributed by atoms with Crippen molar-refractivity contribution in [1.29, 1.82) is 0 Å². The van der Waals surface area contributed by atoms with Crippen molar-refractivity contribution in [1.82, 2.24) is 4.98 Å². The van der Waals surface area contributed by atoms with Crippen molar-refractivity contribution < 1.29 is 9.47 Å². The fourth-order valence-electron chi connectivity index (χ4n) is 3.76. The lowest BCUT2D eigenvalue weighted by molar-refractivity contribution is 0.313. The molecule has 0 bridgehead atoms. The first kappa shape index (κ1) is 17.7. The lowest BCUT2D eigenvalue weighted by Crippen LogP contribution is -2.05. The summed E-state index contributed by atoms with van der Waals surface area (Å²) in [4.78, 5) is 12.9. The second-order valence-corrected chi connectivity index (χ2v) is 7.38. The molecule has 0 amide bonds. The molecule has 146 valence electrons. The molecule has 5 rings (SSSR count). The summed E-state index contributed by atoms with van der Waals surface area (Å²) >= 11 is 0. The summed E-state index contributed by atoms with van der Waals surface area (Å²) in [7, 11) is 0. The maximum atomic E-state index is 5.81. The molecule has 0 spiro atoms. The van der Waals surface area contributed by atoms with E-state index in [1.54, 1.807) is 0 Å². The van der Waals surface area contributed by atoms with Gasteiger partial charge in [-0.25, -0.2) is 9.98 Å². The number of nitrogens with one attached hydrogen (secondary N) is 1. The molecule has 29 heavy (non-hydrogen) atoms. The first-order valence-corrected chi connectivity index (χ1v) is 9.99. The van der Waals surface area contributed by atoms with Crippen LogP contribution < -0.4 is 0 Å².